The van der Waals surface area contributed by atoms with Crippen molar-refractivity contribution in [3.8, 4) is 0 Å². The van der Waals surface area contributed by atoms with Gasteiger partial charge in [0.25, 0.3) is 0 Å². The number of nitrogens with zero attached hydrogens (tertiary/aromatic N) is 2. The third kappa shape index (κ3) is 5.07. The molecule has 0 aromatic rings. The highest BCUT2D eigenvalue weighted by Crippen LogP contribution is 2.55. The first kappa shape index (κ1) is 22.4. The van der Waals surface area contributed by atoms with Gasteiger partial charge in [-0.1, -0.05) is 60.3 Å². The van der Waals surface area contributed by atoms with E-state index in [4.69, 9.17) is 0 Å². The predicted molar refractivity (Wildman–Crippen MR) is 137 cm³/mol. The predicted octanol–water partition coefficient (Wildman–Crippen LogP) is 6.69. The van der Waals surface area contributed by atoms with Crippen LogP contribution in [0.2, 0.25) is 0 Å². The van der Waals surface area contributed by atoms with E-state index in [9.17, 15) is 0 Å². The van der Waals surface area contributed by atoms with Crippen LogP contribution in [0.25, 0.3) is 0 Å². The van der Waals surface area contributed by atoms with Crippen LogP contribution < -0.4 is 0 Å². The van der Waals surface area contributed by atoms with Crippen molar-refractivity contribution in [2.75, 3.05) is 32.7 Å². The SMILES string of the molecule is C1=C\C/C=C\CCC23CN(CC/C=C\C/1)C[C@H]1C/C4=C/C/C=C\CCCCN(C2)[C@@H]4C[C@H]13. The molecule has 0 radical (unpaired) electrons. The molecule has 0 aromatic carbocycles. The largest absolute Gasteiger partial charge is 0.302 e. The lowest BCUT2D eigenvalue weighted by Gasteiger charge is -2.62. The Hall–Kier alpha value is -1.38. The number of hydrogen-bond donors (Lipinski definition) is 0. The van der Waals surface area contributed by atoms with Gasteiger partial charge in [0.15, 0.2) is 0 Å². The van der Waals surface area contributed by atoms with Gasteiger partial charge in [-0.15, -0.1) is 0 Å². The number of fused-ring (bicyclic) bond motifs is 1. The fourth-order valence-electron chi connectivity index (χ4n) is 7.52. The molecule has 5 atom stereocenters. The summed E-state index contributed by atoms with van der Waals surface area (Å²) in [5.74, 6) is 1.80. The number of allylic oxidation sites excluding steroid dienone is 8. The molecule has 1 aliphatic carbocycles. The van der Waals surface area contributed by atoms with Crippen LogP contribution in [-0.2, 0) is 0 Å². The van der Waals surface area contributed by atoms with Gasteiger partial charge in [-0.3, -0.25) is 4.90 Å². The van der Waals surface area contributed by atoms with Gasteiger partial charge in [-0.2, -0.15) is 0 Å². The zero-order valence-corrected chi connectivity index (χ0v) is 20.1. The molecular formula is C30H44N2. The lowest BCUT2D eigenvalue weighted by atomic mass is 9.54. The Morgan fingerprint density at radius 2 is 1.53 bits per heavy atom. The van der Waals surface area contributed by atoms with Crippen molar-refractivity contribution in [3.05, 3.63) is 60.3 Å². The van der Waals surface area contributed by atoms with E-state index in [0.29, 0.717) is 5.41 Å². The molecule has 2 saturated heterocycles. The zero-order valence-electron chi connectivity index (χ0n) is 20.1. The Kier molecular flexibility index (Phi) is 7.49. The van der Waals surface area contributed by atoms with Crippen molar-refractivity contribution in [2.45, 2.75) is 76.7 Å². The Balaban J connectivity index is 1.43. The third-order valence-electron chi connectivity index (χ3n) is 8.96. The molecular weight excluding hydrogens is 388 g/mol. The van der Waals surface area contributed by atoms with Gasteiger partial charge in [-0.25, -0.2) is 0 Å². The van der Waals surface area contributed by atoms with E-state index in [1.54, 1.807) is 5.57 Å². The van der Waals surface area contributed by atoms with E-state index in [1.165, 1.54) is 84.1 Å². The maximum atomic E-state index is 2.95. The second-order valence-electron chi connectivity index (χ2n) is 11.1. The molecule has 2 unspecified atom stereocenters. The molecule has 0 N–H and O–H groups in total. The van der Waals surface area contributed by atoms with E-state index in [-0.39, 0.29) is 0 Å². The minimum atomic E-state index is 0.494. The maximum absolute atomic E-state index is 2.95. The molecule has 2 nitrogen and oxygen atoms in total. The minimum Gasteiger partial charge on any atom is -0.302 e. The van der Waals surface area contributed by atoms with Crippen molar-refractivity contribution in [2.24, 2.45) is 17.3 Å². The molecule has 5 rings (SSSR count). The second-order valence-corrected chi connectivity index (χ2v) is 11.1. The molecule has 5 aliphatic rings. The Morgan fingerprint density at radius 1 is 0.750 bits per heavy atom. The summed E-state index contributed by atoms with van der Waals surface area (Å²) in [5, 5.41) is 0. The summed E-state index contributed by atoms with van der Waals surface area (Å²) >= 11 is 0. The fraction of sp³-hybridized carbons (Fsp3) is 0.667. The highest BCUT2D eigenvalue weighted by molar-refractivity contribution is 5.23. The van der Waals surface area contributed by atoms with Gasteiger partial charge in [-0.05, 0) is 94.4 Å². The first-order chi connectivity index (χ1) is 15.8. The topological polar surface area (TPSA) is 6.48 Å². The number of piperidine rings is 2. The molecule has 1 saturated carbocycles. The lowest BCUT2D eigenvalue weighted by molar-refractivity contribution is -0.107. The molecule has 0 aromatic heterocycles. The van der Waals surface area contributed by atoms with Crippen molar-refractivity contribution < 1.29 is 0 Å². The van der Waals surface area contributed by atoms with E-state index in [2.05, 4.69) is 64.5 Å². The number of rotatable bonds is 0. The first-order valence-corrected chi connectivity index (χ1v) is 13.6. The second kappa shape index (κ2) is 10.7. The summed E-state index contributed by atoms with van der Waals surface area (Å²) in [6.07, 6.45) is 35.7. The fourth-order valence-corrected chi connectivity index (χ4v) is 7.52. The van der Waals surface area contributed by atoms with Crippen LogP contribution in [0.5, 0.6) is 0 Å². The van der Waals surface area contributed by atoms with Crippen LogP contribution in [0.15, 0.2) is 60.3 Å². The molecule has 2 heteroatoms. The van der Waals surface area contributed by atoms with Crippen molar-refractivity contribution in [1.29, 1.82) is 0 Å². The first-order valence-electron chi connectivity index (χ1n) is 13.6. The van der Waals surface area contributed by atoms with Gasteiger partial charge in [0.1, 0.15) is 0 Å². The van der Waals surface area contributed by atoms with Crippen molar-refractivity contribution in [1.82, 2.24) is 9.80 Å². The van der Waals surface area contributed by atoms with E-state index >= 15 is 0 Å². The highest BCUT2D eigenvalue weighted by atomic mass is 15.2. The van der Waals surface area contributed by atoms with Gasteiger partial charge >= 0.3 is 0 Å². The minimum absolute atomic E-state index is 0.494. The quantitative estimate of drug-likeness (QED) is 0.394. The van der Waals surface area contributed by atoms with E-state index < -0.39 is 0 Å². The standard InChI is InChI=1S/C30H44N2/c1-2-4-7-11-15-19-31-23-27-21-26-17-13-9-5-8-12-16-20-32-25-30(24-31,18-14-10-6-3-1)28(27)22-29(26)32/h1-2,5-7,9-11,17,27-29H,3-4,8,12-16,18-25H2/b2-1-,9-5-,10-6-,11-7-,26-17-/t27-,28-,29-,30?/m1/s1. The van der Waals surface area contributed by atoms with E-state index in [1.807, 2.05) is 0 Å². The molecule has 1 spiro atoms. The Bertz CT molecular complexity index is 772. The monoisotopic (exact) mass is 432 g/mol. The summed E-state index contributed by atoms with van der Waals surface area (Å²) in [7, 11) is 0. The lowest BCUT2D eigenvalue weighted by Crippen LogP contribution is -2.65. The molecule has 4 aliphatic heterocycles. The molecule has 3 fully saturated rings. The average molecular weight is 433 g/mol. The van der Waals surface area contributed by atoms with Gasteiger partial charge in [0, 0.05) is 32.2 Å². The molecule has 32 heavy (non-hydrogen) atoms. The molecule has 4 heterocycles. The molecule has 4 bridgehead atoms. The van der Waals surface area contributed by atoms with Crippen LogP contribution in [0, 0.1) is 17.3 Å². The van der Waals surface area contributed by atoms with Crippen LogP contribution >= 0.6 is 0 Å². The maximum Gasteiger partial charge on any atom is 0.0310 e. The third-order valence-corrected chi connectivity index (χ3v) is 8.96. The smallest absolute Gasteiger partial charge is 0.0310 e. The van der Waals surface area contributed by atoms with Crippen molar-refractivity contribution >= 4 is 0 Å². The van der Waals surface area contributed by atoms with Crippen molar-refractivity contribution in [3.63, 3.8) is 0 Å². The van der Waals surface area contributed by atoms with Crippen LogP contribution in [-0.4, -0.2) is 48.6 Å². The summed E-state index contributed by atoms with van der Waals surface area (Å²) in [4.78, 5) is 5.82. The Labute approximate surface area is 196 Å². The summed E-state index contributed by atoms with van der Waals surface area (Å²) in [6, 6.07) is 0.736. The highest BCUT2D eigenvalue weighted by Gasteiger charge is 2.55. The summed E-state index contributed by atoms with van der Waals surface area (Å²) < 4.78 is 0. The van der Waals surface area contributed by atoms with Gasteiger partial charge in [0.2, 0.25) is 0 Å². The van der Waals surface area contributed by atoms with Gasteiger partial charge < -0.3 is 4.90 Å². The zero-order chi connectivity index (χ0) is 21.6. The average Bonchev–Trinajstić information content (AvgIpc) is 2.84. The summed E-state index contributed by atoms with van der Waals surface area (Å²) in [5.41, 5.74) is 2.28. The van der Waals surface area contributed by atoms with Crippen LogP contribution in [0.4, 0.5) is 0 Å². The summed E-state index contributed by atoms with van der Waals surface area (Å²) in [6.45, 7) is 6.54. The van der Waals surface area contributed by atoms with Crippen LogP contribution in [0.3, 0.4) is 0 Å². The van der Waals surface area contributed by atoms with E-state index in [0.717, 1.165) is 37.1 Å². The molecule has 174 valence electrons. The Morgan fingerprint density at radius 3 is 2.44 bits per heavy atom. The van der Waals surface area contributed by atoms with Gasteiger partial charge in [0.05, 0.1) is 0 Å². The normalized spacial score (nSPS) is 44.4. The van der Waals surface area contributed by atoms with Crippen LogP contribution in [0.1, 0.15) is 70.6 Å². The molecule has 0 amide bonds. The number of hydrogen-bond acceptors (Lipinski definition) is 2.